The number of nitrogens with zero attached hydrogens (tertiary/aromatic N) is 1. The lowest BCUT2D eigenvalue weighted by Gasteiger charge is -2.25. The third-order valence-corrected chi connectivity index (χ3v) is 6.79. The summed E-state index contributed by atoms with van der Waals surface area (Å²) in [7, 11) is -2.25. The van der Waals surface area contributed by atoms with E-state index < -0.39 is 22.2 Å². The molecule has 0 amide bonds. The standard InChI is InChI=1S/C19H23NO5S/c1-25-16-10-8-14(9-11-16)19(22)17-6-2-3-7-18(17)26(23,24)20-12-4-5-15(20)13-21/h2-3,6-11,15,19,21-22H,4-5,12-13H2,1H3/t15-,19-/m0/s1. The van der Waals surface area contributed by atoms with Crippen LogP contribution in [0.1, 0.15) is 30.1 Å². The van der Waals surface area contributed by atoms with Gasteiger partial charge in [0, 0.05) is 18.2 Å². The first-order valence-electron chi connectivity index (χ1n) is 8.52. The smallest absolute Gasteiger partial charge is 0.243 e. The highest BCUT2D eigenvalue weighted by Gasteiger charge is 2.36. The Labute approximate surface area is 153 Å². The van der Waals surface area contributed by atoms with Crippen LogP contribution in [0.5, 0.6) is 5.75 Å². The molecule has 0 bridgehead atoms. The number of aliphatic hydroxyl groups excluding tert-OH is 2. The number of methoxy groups -OCH3 is 1. The molecule has 2 N–H and O–H groups in total. The van der Waals surface area contributed by atoms with Crippen molar-refractivity contribution in [1.82, 2.24) is 4.31 Å². The maximum atomic E-state index is 13.1. The van der Waals surface area contributed by atoms with Gasteiger partial charge in [0.05, 0.1) is 18.6 Å². The highest BCUT2D eigenvalue weighted by Crippen LogP contribution is 2.33. The van der Waals surface area contributed by atoms with Gasteiger partial charge in [-0.2, -0.15) is 4.31 Å². The first-order chi connectivity index (χ1) is 12.5. The Hall–Kier alpha value is -1.93. The van der Waals surface area contributed by atoms with Gasteiger partial charge in [-0.1, -0.05) is 30.3 Å². The number of hydrogen-bond donors (Lipinski definition) is 2. The molecular weight excluding hydrogens is 354 g/mol. The van der Waals surface area contributed by atoms with Crippen LogP contribution in [-0.4, -0.2) is 49.2 Å². The SMILES string of the molecule is COc1ccc([C@H](O)c2ccccc2S(=O)(=O)N2CCC[C@H]2CO)cc1. The molecule has 2 atom stereocenters. The van der Waals surface area contributed by atoms with Gasteiger partial charge in [-0.25, -0.2) is 8.42 Å². The van der Waals surface area contributed by atoms with E-state index in [2.05, 4.69) is 0 Å². The van der Waals surface area contributed by atoms with E-state index >= 15 is 0 Å². The van der Waals surface area contributed by atoms with Gasteiger partial charge in [0.25, 0.3) is 0 Å². The van der Waals surface area contributed by atoms with Gasteiger partial charge in [0.15, 0.2) is 0 Å². The molecule has 3 rings (SSSR count). The molecule has 0 spiro atoms. The Kier molecular flexibility index (Phi) is 5.62. The van der Waals surface area contributed by atoms with E-state index in [-0.39, 0.29) is 11.5 Å². The number of sulfonamides is 1. The van der Waals surface area contributed by atoms with Crippen LogP contribution in [0.25, 0.3) is 0 Å². The normalized spacial score (nSPS) is 19.4. The van der Waals surface area contributed by atoms with Crippen LogP contribution in [0.2, 0.25) is 0 Å². The summed E-state index contributed by atoms with van der Waals surface area (Å²) in [6.07, 6.45) is 0.272. The van der Waals surface area contributed by atoms with Gasteiger partial charge in [-0.15, -0.1) is 0 Å². The molecule has 0 aromatic heterocycles. The van der Waals surface area contributed by atoms with Crippen molar-refractivity contribution in [2.45, 2.75) is 29.9 Å². The summed E-state index contributed by atoms with van der Waals surface area (Å²) in [6.45, 7) is 0.170. The zero-order valence-corrected chi connectivity index (χ0v) is 15.4. The minimum atomic E-state index is -3.81. The fourth-order valence-corrected chi connectivity index (χ4v) is 5.26. The van der Waals surface area contributed by atoms with E-state index in [4.69, 9.17) is 4.74 Å². The van der Waals surface area contributed by atoms with Crippen molar-refractivity contribution in [2.24, 2.45) is 0 Å². The van der Waals surface area contributed by atoms with Crippen LogP contribution in [0.3, 0.4) is 0 Å². The molecule has 140 valence electrons. The van der Waals surface area contributed by atoms with Crippen LogP contribution in [-0.2, 0) is 10.0 Å². The van der Waals surface area contributed by atoms with E-state index in [0.717, 1.165) is 0 Å². The van der Waals surface area contributed by atoms with Crippen LogP contribution < -0.4 is 4.74 Å². The van der Waals surface area contributed by atoms with Gasteiger partial charge >= 0.3 is 0 Å². The quantitative estimate of drug-likeness (QED) is 0.803. The van der Waals surface area contributed by atoms with Gasteiger partial charge < -0.3 is 14.9 Å². The zero-order valence-electron chi connectivity index (χ0n) is 14.6. The number of benzene rings is 2. The molecule has 0 saturated carbocycles. The Balaban J connectivity index is 1.99. The summed E-state index contributed by atoms with van der Waals surface area (Å²) in [5.41, 5.74) is 0.898. The molecule has 6 nitrogen and oxygen atoms in total. The largest absolute Gasteiger partial charge is 0.497 e. The summed E-state index contributed by atoms with van der Waals surface area (Å²) in [5.74, 6) is 0.657. The van der Waals surface area contributed by atoms with Crippen molar-refractivity contribution in [1.29, 1.82) is 0 Å². The first-order valence-corrected chi connectivity index (χ1v) is 9.96. The Morgan fingerprint density at radius 2 is 1.88 bits per heavy atom. The van der Waals surface area contributed by atoms with Gasteiger partial charge in [-0.3, -0.25) is 0 Å². The number of aliphatic hydroxyl groups is 2. The van der Waals surface area contributed by atoms with Gasteiger partial charge in [0.1, 0.15) is 11.9 Å². The summed E-state index contributed by atoms with van der Waals surface area (Å²) < 4.78 is 32.7. The highest BCUT2D eigenvalue weighted by atomic mass is 32.2. The second kappa shape index (κ2) is 7.75. The third kappa shape index (κ3) is 3.48. The van der Waals surface area contributed by atoms with E-state index in [1.165, 1.54) is 10.4 Å². The molecule has 1 fully saturated rings. The Bertz CT molecular complexity index is 850. The van der Waals surface area contributed by atoms with Crippen LogP contribution in [0.15, 0.2) is 53.4 Å². The predicted molar refractivity (Wildman–Crippen MR) is 97.5 cm³/mol. The lowest BCUT2D eigenvalue weighted by atomic mass is 10.0. The molecule has 2 aromatic carbocycles. The summed E-state index contributed by atoms with van der Waals surface area (Å²) in [4.78, 5) is 0.0728. The van der Waals surface area contributed by atoms with E-state index in [1.807, 2.05) is 0 Å². The molecule has 0 unspecified atom stereocenters. The monoisotopic (exact) mass is 377 g/mol. The molecular formula is C19H23NO5S. The van der Waals surface area contributed by atoms with Gasteiger partial charge in [-0.05, 0) is 36.6 Å². The summed E-state index contributed by atoms with van der Waals surface area (Å²) in [5, 5.41) is 20.3. The van der Waals surface area contributed by atoms with Crippen molar-refractivity contribution in [3.8, 4) is 5.75 Å². The minimum absolute atomic E-state index is 0.0728. The number of ether oxygens (including phenoxy) is 1. The van der Waals surface area contributed by atoms with E-state index in [1.54, 1.807) is 49.6 Å². The van der Waals surface area contributed by atoms with E-state index in [0.29, 0.717) is 36.3 Å². The maximum absolute atomic E-state index is 13.1. The molecule has 1 saturated heterocycles. The van der Waals surface area contributed by atoms with Crippen molar-refractivity contribution in [2.75, 3.05) is 20.3 Å². The fraction of sp³-hybridized carbons (Fsp3) is 0.368. The zero-order chi connectivity index (χ0) is 18.7. The average molecular weight is 377 g/mol. The molecule has 1 heterocycles. The average Bonchev–Trinajstić information content (AvgIpc) is 3.17. The molecule has 26 heavy (non-hydrogen) atoms. The third-order valence-electron chi connectivity index (χ3n) is 4.77. The second-order valence-corrected chi connectivity index (χ2v) is 8.17. The number of rotatable bonds is 6. The fourth-order valence-electron chi connectivity index (χ4n) is 3.34. The van der Waals surface area contributed by atoms with Crippen molar-refractivity contribution in [3.63, 3.8) is 0 Å². The summed E-state index contributed by atoms with van der Waals surface area (Å²) in [6, 6.07) is 12.9. The molecule has 0 aliphatic carbocycles. The topological polar surface area (TPSA) is 87.1 Å². The van der Waals surface area contributed by atoms with Crippen LogP contribution in [0.4, 0.5) is 0 Å². The van der Waals surface area contributed by atoms with Crippen LogP contribution >= 0.6 is 0 Å². The van der Waals surface area contributed by atoms with Crippen molar-refractivity contribution >= 4 is 10.0 Å². The molecule has 7 heteroatoms. The van der Waals surface area contributed by atoms with E-state index in [9.17, 15) is 18.6 Å². The van der Waals surface area contributed by atoms with Crippen molar-refractivity contribution < 1.29 is 23.4 Å². The minimum Gasteiger partial charge on any atom is -0.497 e. The molecule has 2 aromatic rings. The van der Waals surface area contributed by atoms with Crippen LogP contribution in [0, 0.1) is 0 Å². The second-order valence-electron chi connectivity index (χ2n) is 6.31. The predicted octanol–water partition coefficient (Wildman–Crippen LogP) is 1.92. The Morgan fingerprint density at radius 1 is 1.19 bits per heavy atom. The molecule has 1 aliphatic rings. The maximum Gasteiger partial charge on any atom is 0.243 e. The Morgan fingerprint density at radius 3 is 2.54 bits per heavy atom. The highest BCUT2D eigenvalue weighted by molar-refractivity contribution is 7.89. The lowest BCUT2D eigenvalue weighted by molar-refractivity contribution is 0.210. The summed E-state index contributed by atoms with van der Waals surface area (Å²) >= 11 is 0. The molecule has 0 radical (unpaired) electrons. The van der Waals surface area contributed by atoms with Gasteiger partial charge in [0.2, 0.25) is 10.0 Å². The number of hydrogen-bond acceptors (Lipinski definition) is 5. The molecule has 1 aliphatic heterocycles. The van der Waals surface area contributed by atoms with Crippen molar-refractivity contribution in [3.05, 3.63) is 59.7 Å². The lowest BCUT2D eigenvalue weighted by Crippen LogP contribution is -2.38. The first kappa shape index (κ1) is 18.8.